The lowest BCUT2D eigenvalue weighted by Gasteiger charge is -2.25. The molecule has 196 valence electrons. The standard InChI is InChI=1S/C31H30FNO5/c1-37-16-15-33-28(23-7-4-8-26(18-23)38-19-20-9-13-25(32)14-10-20)27(30(35)31(33)36)29(34)24-12-11-21-5-2-3-6-22(21)17-24/h4,7-14,17-18,28,34H,2-3,5-6,15-16,19H2,1H3/b29-27-. The van der Waals surface area contributed by atoms with Crippen molar-refractivity contribution in [3.63, 3.8) is 0 Å². The van der Waals surface area contributed by atoms with E-state index in [0.29, 0.717) is 16.9 Å². The van der Waals surface area contributed by atoms with Crippen LogP contribution in [-0.2, 0) is 33.8 Å². The maximum absolute atomic E-state index is 13.3. The van der Waals surface area contributed by atoms with Crippen molar-refractivity contribution in [3.05, 3.63) is 106 Å². The van der Waals surface area contributed by atoms with Crippen molar-refractivity contribution in [2.45, 2.75) is 38.3 Å². The Labute approximate surface area is 221 Å². The van der Waals surface area contributed by atoms with Gasteiger partial charge in [0.05, 0.1) is 18.2 Å². The lowest BCUT2D eigenvalue weighted by molar-refractivity contribution is -0.140. The number of aryl methyl sites for hydroxylation is 2. The van der Waals surface area contributed by atoms with E-state index in [4.69, 9.17) is 9.47 Å². The van der Waals surface area contributed by atoms with Gasteiger partial charge in [0.2, 0.25) is 0 Å². The number of aliphatic hydroxyl groups excluding tert-OH is 1. The number of likely N-dealkylation sites (tertiary alicyclic amines) is 1. The molecule has 6 nitrogen and oxygen atoms in total. The predicted molar refractivity (Wildman–Crippen MR) is 141 cm³/mol. The third-order valence-corrected chi connectivity index (χ3v) is 7.19. The number of amides is 1. The summed E-state index contributed by atoms with van der Waals surface area (Å²) < 4.78 is 24.4. The van der Waals surface area contributed by atoms with E-state index in [9.17, 15) is 19.1 Å². The molecule has 0 saturated carbocycles. The van der Waals surface area contributed by atoms with E-state index in [1.807, 2.05) is 18.2 Å². The van der Waals surface area contributed by atoms with Crippen molar-refractivity contribution in [3.8, 4) is 5.75 Å². The van der Waals surface area contributed by atoms with Crippen LogP contribution in [0.3, 0.4) is 0 Å². The molecule has 0 spiro atoms. The minimum absolute atomic E-state index is 0.0533. The second-order valence-corrected chi connectivity index (χ2v) is 9.66. The Balaban J connectivity index is 1.51. The molecule has 1 heterocycles. The van der Waals surface area contributed by atoms with Gasteiger partial charge in [-0.15, -0.1) is 0 Å². The summed E-state index contributed by atoms with van der Waals surface area (Å²) in [5.74, 6) is -1.37. The van der Waals surface area contributed by atoms with Gasteiger partial charge < -0.3 is 19.5 Å². The number of ketones is 1. The van der Waals surface area contributed by atoms with Crippen molar-refractivity contribution in [1.29, 1.82) is 0 Å². The van der Waals surface area contributed by atoms with Crippen LogP contribution in [0, 0.1) is 5.82 Å². The molecule has 0 radical (unpaired) electrons. The molecule has 5 rings (SSSR count). The van der Waals surface area contributed by atoms with Crippen LogP contribution in [0.2, 0.25) is 0 Å². The van der Waals surface area contributed by atoms with Crippen LogP contribution >= 0.6 is 0 Å². The van der Waals surface area contributed by atoms with Gasteiger partial charge in [0, 0.05) is 19.2 Å². The first-order valence-corrected chi connectivity index (χ1v) is 12.8. The summed E-state index contributed by atoms with van der Waals surface area (Å²) in [6, 6.07) is 18.1. The minimum atomic E-state index is -0.796. The molecule has 1 fully saturated rings. The number of halogens is 1. The topological polar surface area (TPSA) is 76.1 Å². The third kappa shape index (κ3) is 5.20. The Morgan fingerprint density at radius 2 is 1.76 bits per heavy atom. The molecular weight excluding hydrogens is 485 g/mol. The maximum atomic E-state index is 13.3. The van der Waals surface area contributed by atoms with Crippen LogP contribution < -0.4 is 4.74 Å². The van der Waals surface area contributed by atoms with E-state index in [1.54, 1.807) is 36.4 Å². The lowest BCUT2D eigenvalue weighted by atomic mass is 9.88. The number of fused-ring (bicyclic) bond motifs is 1. The van der Waals surface area contributed by atoms with Crippen molar-refractivity contribution in [2.24, 2.45) is 0 Å². The third-order valence-electron chi connectivity index (χ3n) is 7.19. The predicted octanol–water partition coefficient (Wildman–Crippen LogP) is 5.35. The van der Waals surface area contributed by atoms with E-state index in [0.717, 1.165) is 31.2 Å². The number of aliphatic hydroxyl groups is 1. The van der Waals surface area contributed by atoms with Crippen LogP contribution in [0.4, 0.5) is 4.39 Å². The van der Waals surface area contributed by atoms with Gasteiger partial charge >= 0.3 is 0 Å². The number of hydrogen-bond acceptors (Lipinski definition) is 5. The molecule has 1 N–H and O–H groups in total. The normalized spacial score (nSPS) is 18.5. The highest BCUT2D eigenvalue weighted by molar-refractivity contribution is 6.46. The van der Waals surface area contributed by atoms with Gasteiger partial charge in [0.15, 0.2) is 0 Å². The molecule has 3 aromatic rings. The Kier molecular flexibility index (Phi) is 7.56. The SMILES string of the molecule is COCCN1C(=O)C(=O)/C(=C(\O)c2ccc3c(c2)CCCC3)C1c1cccc(OCc2ccc(F)cc2)c1. The van der Waals surface area contributed by atoms with Crippen molar-refractivity contribution < 1.29 is 28.6 Å². The molecular formula is C31H30FNO5. The maximum Gasteiger partial charge on any atom is 0.295 e. The summed E-state index contributed by atoms with van der Waals surface area (Å²) in [5.41, 5.74) is 4.45. The summed E-state index contributed by atoms with van der Waals surface area (Å²) in [5, 5.41) is 11.4. The summed E-state index contributed by atoms with van der Waals surface area (Å²) in [6.07, 6.45) is 4.16. The molecule has 1 unspecified atom stereocenters. The summed E-state index contributed by atoms with van der Waals surface area (Å²) in [7, 11) is 1.53. The number of ether oxygens (including phenoxy) is 2. The van der Waals surface area contributed by atoms with Gasteiger partial charge in [-0.25, -0.2) is 4.39 Å². The van der Waals surface area contributed by atoms with E-state index in [-0.39, 0.29) is 36.9 Å². The van der Waals surface area contributed by atoms with Crippen LogP contribution in [0.5, 0.6) is 5.75 Å². The molecule has 1 amide bonds. The molecule has 2 aliphatic rings. The minimum Gasteiger partial charge on any atom is -0.507 e. The second kappa shape index (κ2) is 11.2. The van der Waals surface area contributed by atoms with Gasteiger partial charge in [0.25, 0.3) is 11.7 Å². The first-order valence-electron chi connectivity index (χ1n) is 12.8. The monoisotopic (exact) mass is 515 g/mol. The van der Waals surface area contributed by atoms with Crippen LogP contribution in [0.15, 0.2) is 72.3 Å². The summed E-state index contributed by atoms with van der Waals surface area (Å²) >= 11 is 0. The fourth-order valence-electron chi connectivity index (χ4n) is 5.20. The van der Waals surface area contributed by atoms with E-state index in [2.05, 4.69) is 0 Å². The first-order chi connectivity index (χ1) is 18.5. The smallest absolute Gasteiger partial charge is 0.295 e. The molecule has 1 saturated heterocycles. The fraction of sp³-hybridized carbons (Fsp3) is 0.290. The van der Waals surface area contributed by atoms with Gasteiger partial charge in [-0.3, -0.25) is 9.59 Å². The van der Waals surface area contributed by atoms with Gasteiger partial charge in [-0.05, 0) is 78.3 Å². The quantitative estimate of drug-likeness (QED) is 0.249. The van der Waals surface area contributed by atoms with E-state index < -0.39 is 17.7 Å². The lowest BCUT2D eigenvalue weighted by Crippen LogP contribution is -2.32. The van der Waals surface area contributed by atoms with Gasteiger partial charge in [-0.2, -0.15) is 0 Å². The molecule has 3 aromatic carbocycles. The highest BCUT2D eigenvalue weighted by Crippen LogP contribution is 2.40. The first kappa shape index (κ1) is 25.7. The van der Waals surface area contributed by atoms with Crippen molar-refractivity contribution in [1.82, 2.24) is 4.90 Å². The van der Waals surface area contributed by atoms with Crippen LogP contribution in [-0.4, -0.2) is 42.0 Å². The second-order valence-electron chi connectivity index (χ2n) is 9.66. The number of benzene rings is 3. The van der Waals surface area contributed by atoms with Gasteiger partial charge in [-0.1, -0.05) is 36.4 Å². The number of carbonyl (C=O) groups excluding carboxylic acids is 2. The van der Waals surface area contributed by atoms with E-state index >= 15 is 0 Å². The molecule has 7 heteroatoms. The zero-order valence-electron chi connectivity index (χ0n) is 21.3. The molecule has 1 atom stereocenters. The Hall–Kier alpha value is -3.97. The fourth-order valence-corrected chi connectivity index (χ4v) is 5.20. The summed E-state index contributed by atoms with van der Waals surface area (Å²) in [4.78, 5) is 27.8. The largest absolute Gasteiger partial charge is 0.507 e. The van der Waals surface area contributed by atoms with Crippen LogP contribution in [0.1, 0.15) is 46.7 Å². The zero-order valence-corrected chi connectivity index (χ0v) is 21.3. The van der Waals surface area contributed by atoms with Crippen molar-refractivity contribution >= 4 is 17.4 Å². The Morgan fingerprint density at radius 1 is 1.00 bits per heavy atom. The van der Waals surface area contributed by atoms with Gasteiger partial charge in [0.1, 0.15) is 23.9 Å². The molecule has 1 aliphatic carbocycles. The highest BCUT2D eigenvalue weighted by Gasteiger charge is 2.46. The number of nitrogens with zero attached hydrogens (tertiary/aromatic N) is 1. The number of Topliss-reactive ketones (excluding diaryl/α,β-unsaturated/α-hetero) is 1. The summed E-state index contributed by atoms with van der Waals surface area (Å²) in [6.45, 7) is 0.652. The van der Waals surface area contributed by atoms with Crippen molar-refractivity contribution in [2.75, 3.05) is 20.3 Å². The number of methoxy groups -OCH3 is 1. The zero-order chi connectivity index (χ0) is 26.6. The molecule has 38 heavy (non-hydrogen) atoms. The molecule has 0 aromatic heterocycles. The average Bonchev–Trinajstić information content (AvgIpc) is 3.20. The molecule has 0 bridgehead atoms. The Bertz CT molecular complexity index is 1380. The number of carbonyl (C=O) groups is 2. The Morgan fingerprint density at radius 3 is 2.53 bits per heavy atom. The molecule has 1 aliphatic heterocycles. The highest BCUT2D eigenvalue weighted by atomic mass is 19.1. The number of hydrogen-bond donors (Lipinski definition) is 1. The number of rotatable bonds is 8. The average molecular weight is 516 g/mol. The van der Waals surface area contributed by atoms with E-state index in [1.165, 1.54) is 35.3 Å². The van der Waals surface area contributed by atoms with Crippen LogP contribution in [0.25, 0.3) is 5.76 Å².